The van der Waals surface area contributed by atoms with Crippen LogP contribution in [0.3, 0.4) is 0 Å². The van der Waals surface area contributed by atoms with Gasteiger partial charge in [-0.3, -0.25) is 4.79 Å². The molecule has 5 rings (SSSR count). The molecule has 0 unspecified atom stereocenters. The zero-order valence-corrected chi connectivity index (χ0v) is 11.1. The summed E-state index contributed by atoms with van der Waals surface area (Å²) in [6.07, 6.45) is 4.54. The number of hydrogen-bond donors (Lipinski definition) is 1. The summed E-state index contributed by atoms with van der Waals surface area (Å²) >= 11 is 0. The second-order valence-corrected chi connectivity index (χ2v) is 6.91. The van der Waals surface area contributed by atoms with Gasteiger partial charge in [-0.05, 0) is 42.9 Å². The molecule has 0 aromatic heterocycles. The predicted molar refractivity (Wildman–Crippen MR) is 71.2 cm³/mol. The zero-order chi connectivity index (χ0) is 12.9. The lowest BCUT2D eigenvalue weighted by Crippen LogP contribution is -2.19. The molecule has 0 saturated heterocycles. The number of benzene rings is 1. The molecule has 1 N–H and O–H groups in total. The number of carbonyl (C=O) groups is 1. The minimum absolute atomic E-state index is 0.162. The van der Waals surface area contributed by atoms with Crippen molar-refractivity contribution in [1.29, 1.82) is 0 Å². The molecule has 0 radical (unpaired) electrons. The summed E-state index contributed by atoms with van der Waals surface area (Å²) in [6.45, 7) is 0.866. The van der Waals surface area contributed by atoms with E-state index in [1.807, 2.05) is 0 Å². The van der Waals surface area contributed by atoms with Crippen LogP contribution in [0.2, 0.25) is 0 Å². The molecule has 3 saturated carbocycles. The summed E-state index contributed by atoms with van der Waals surface area (Å²) in [5.74, 6) is 0.227. The second kappa shape index (κ2) is 2.73. The molecular formula is C16H17NO2. The highest BCUT2D eigenvalue weighted by molar-refractivity contribution is 6.09. The second-order valence-electron chi connectivity index (χ2n) is 6.91. The van der Waals surface area contributed by atoms with Gasteiger partial charge < -0.3 is 10.1 Å². The molecule has 3 heteroatoms. The number of nitrogens with one attached hydrogen (secondary N) is 1. The van der Waals surface area contributed by atoms with Crippen LogP contribution in [0.1, 0.15) is 36.8 Å². The Balaban J connectivity index is 1.65. The van der Waals surface area contributed by atoms with Crippen LogP contribution in [0.4, 0.5) is 5.69 Å². The lowest BCUT2D eigenvalue weighted by atomic mass is 9.87. The molecular weight excluding hydrogens is 238 g/mol. The Labute approximate surface area is 112 Å². The molecule has 3 fully saturated rings. The SMILES string of the molecule is COCC12CC1(c1cccc3c1C1(CC1)C(=O)N3)C2. The monoisotopic (exact) mass is 255 g/mol. The number of fused-ring (bicyclic) bond motifs is 3. The molecule has 4 aliphatic rings. The summed E-state index contributed by atoms with van der Waals surface area (Å²) in [4.78, 5) is 12.2. The third-order valence-electron chi connectivity index (χ3n) is 5.96. The number of carbonyl (C=O) groups excluding carboxylic acids is 1. The Morgan fingerprint density at radius 2 is 2.11 bits per heavy atom. The van der Waals surface area contributed by atoms with E-state index in [0.717, 1.165) is 25.1 Å². The zero-order valence-electron chi connectivity index (χ0n) is 11.1. The maximum Gasteiger partial charge on any atom is 0.235 e. The van der Waals surface area contributed by atoms with E-state index in [-0.39, 0.29) is 11.3 Å². The van der Waals surface area contributed by atoms with E-state index in [0.29, 0.717) is 10.8 Å². The fourth-order valence-corrected chi connectivity index (χ4v) is 4.54. The first-order valence-corrected chi connectivity index (χ1v) is 7.12. The highest BCUT2D eigenvalue weighted by Gasteiger charge is 2.84. The van der Waals surface area contributed by atoms with Crippen LogP contribution < -0.4 is 5.32 Å². The molecule has 0 bridgehead atoms. The molecule has 0 atom stereocenters. The van der Waals surface area contributed by atoms with Crippen molar-refractivity contribution in [3.8, 4) is 0 Å². The molecule has 1 spiro atoms. The third-order valence-corrected chi connectivity index (χ3v) is 5.96. The summed E-state index contributed by atoms with van der Waals surface area (Å²) in [5, 5.41) is 3.08. The van der Waals surface area contributed by atoms with Crippen molar-refractivity contribution in [2.24, 2.45) is 5.41 Å². The van der Waals surface area contributed by atoms with Gasteiger partial charge in [0.25, 0.3) is 0 Å². The van der Waals surface area contributed by atoms with Gasteiger partial charge in [0.1, 0.15) is 0 Å². The first-order chi connectivity index (χ1) is 9.18. The van der Waals surface area contributed by atoms with E-state index >= 15 is 0 Å². The number of rotatable bonds is 3. The average Bonchev–Trinajstić information content (AvgIpc) is 3.22. The molecule has 1 aromatic carbocycles. The highest BCUT2D eigenvalue weighted by Crippen LogP contribution is 2.87. The standard InChI is InChI=1S/C16H17NO2/c1-19-9-14-7-16(14,8-14)10-3-2-4-11-12(10)15(5-6-15)13(18)17-11/h2-4H,5-9H2,1H3,(H,17,18). The number of methoxy groups -OCH3 is 1. The number of hydrogen-bond acceptors (Lipinski definition) is 2. The largest absolute Gasteiger partial charge is 0.384 e. The van der Waals surface area contributed by atoms with Crippen molar-refractivity contribution in [3.05, 3.63) is 29.3 Å². The van der Waals surface area contributed by atoms with E-state index in [1.54, 1.807) is 7.11 Å². The summed E-state index contributed by atoms with van der Waals surface area (Å²) in [5.41, 5.74) is 4.42. The maximum atomic E-state index is 12.2. The lowest BCUT2D eigenvalue weighted by Gasteiger charge is -2.13. The Hall–Kier alpha value is -1.35. The Kier molecular flexibility index (Phi) is 1.50. The van der Waals surface area contributed by atoms with Crippen LogP contribution in [0.15, 0.2) is 18.2 Å². The first-order valence-electron chi connectivity index (χ1n) is 7.12. The summed E-state index contributed by atoms with van der Waals surface area (Å²) in [7, 11) is 1.79. The smallest absolute Gasteiger partial charge is 0.235 e. The number of anilines is 1. The Morgan fingerprint density at radius 1 is 1.32 bits per heavy atom. The minimum Gasteiger partial charge on any atom is -0.384 e. The third kappa shape index (κ3) is 0.971. The van der Waals surface area contributed by atoms with Gasteiger partial charge >= 0.3 is 0 Å². The van der Waals surface area contributed by atoms with Gasteiger partial charge in [-0.2, -0.15) is 0 Å². The van der Waals surface area contributed by atoms with E-state index in [1.165, 1.54) is 24.0 Å². The quantitative estimate of drug-likeness (QED) is 0.900. The highest BCUT2D eigenvalue weighted by atomic mass is 16.5. The van der Waals surface area contributed by atoms with Crippen molar-refractivity contribution >= 4 is 11.6 Å². The fraction of sp³-hybridized carbons (Fsp3) is 0.562. The lowest BCUT2D eigenvalue weighted by molar-refractivity contribution is -0.117. The maximum absolute atomic E-state index is 12.2. The number of amides is 1. The molecule has 1 heterocycles. The van der Waals surface area contributed by atoms with Gasteiger partial charge in [0.05, 0.1) is 12.0 Å². The topological polar surface area (TPSA) is 38.3 Å². The number of ether oxygens (including phenoxy) is 1. The molecule has 98 valence electrons. The van der Waals surface area contributed by atoms with Crippen molar-refractivity contribution in [1.82, 2.24) is 0 Å². The minimum atomic E-state index is -0.162. The van der Waals surface area contributed by atoms with Crippen molar-refractivity contribution < 1.29 is 9.53 Å². The van der Waals surface area contributed by atoms with Crippen LogP contribution in [0.25, 0.3) is 0 Å². The fourth-order valence-electron chi connectivity index (χ4n) is 4.54. The van der Waals surface area contributed by atoms with Crippen molar-refractivity contribution in [3.63, 3.8) is 0 Å². The van der Waals surface area contributed by atoms with E-state index in [4.69, 9.17) is 4.74 Å². The summed E-state index contributed by atoms with van der Waals surface area (Å²) < 4.78 is 5.38. The van der Waals surface area contributed by atoms with Crippen molar-refractivity contribution in [2.45, 2.75) is 36.5 Å². The molecule has 3 nitrogen and oxygen atoms in total. The molecule has 1 aliphatic heterocycles. The van der Waals surface area contributed by atoms with Crippen molar-refractivity contribution in [2.75, 3.05) is 19.0 Å². The van der Waals surface area contributed by atoms with Gasteiger partial charge in [0, 0.05) is 23.6 Å². The van der Waals surface area contributed by atoms with Gasteiger partial charge in [0.15, 0.2) is 0 Å². The summed E-state index contributed by atoms with van der Waals surface area (Å²) in [6, 6.07) is 6.41. The van der Waals surface area contributed by atoms with Crippen LogP contribution in [0.5, 0.6) is 0 Å². The van der Waals surface area contributed by atoms with Crippen LogP contribution >= 0.6 is 0 Å². The molecule has 1 amide bonds. The van der Waals surface area contributed by atoms with E-state index < -0.39 is 0 Å². The van der Waals surface area contributed by atoms with Crippen LogP contribution in [-0.2, 0) is 20.4 Å². The Morgan fingerprint density at radius 3 is 2.79 bits per heavy atom. The normalized spacial score (nSPS) is 38.7. The van der Waals surface area contributed by atoms with Crippen LogP contribution in [0, 0.1) is 5.41 Å². The van der Waals surface area contributed by atoms with Gasteiger partial charge in [-0.1, -0.05) is 12.1 Å². The van der Waals surface area contributed by atoms with E-state index in [9.17, 15) is 4.79 Å². The van der Waals surface area contributed by atoms with Gasteiger partial charge in [-0.15, -0.1) is 0 Å². The van der Waals surface area contributed by atoms with Crippen LogP contribution in [-0.4, -0.2) is 19.6 Å². The molecule has 19 heavy (non-hydrogen) atoms. The molecule has 1 aromatic rings. The van der Waals surface area contributed by atoms with Gasteiger partial charge in [0.2, 0.25) is 5.91 Å². The average molecular weight is 255 g/mol. The van der Waals surface area contributed by atoms with E-state index in [2.05, 4.69) is 23.5 Å². The predicted octanol–water partition coefficient (Wildman–Crippen LogP) is 2.35. The van der Waals surface area contributed by atoms with Gasteiger partial charge in [-0.25, -0.2) is 0 Å². The first kappa shape index (κ1) is 10.4. The Bertz CT molecular complexity index is 624. The molecule has 3 aliphatic carbocycles.